The van der Waals surface area contributed by atoms with Gasteiger partial charge in [-0.15, -0.1) is 0 Å². The van der Waals surface area contributed by atoms with Gasteiger partial charge in [-0.2, -0.15) is 0 Å². The quantitative estimate of drug-likeness (QED) is 0.916. The van der Waals surface area contributed by atoms with Gasteiger partial charge in [-0.05, 0) is 41.8 Å². The van der Waals surface area contributed by atoms with Crippen LogP contribution in [-0.4, -0.2) is 12.5 Å². The lowest BCUT2D eigenvalue weighted by Crippen LogP contribution is -2.28. The van der Waals surface area contributed by atoms with Crippen LogP contribution in [0.1, 0.15) is 17.2 Å². The van der Waals surface area contributed by atoms with E-state index in [1.165, 1.54) is 5.56 Å². The summed E-state index contributed by atoms with van der Waals surface area (Å²) < 4.78 is 5.62. The molecule has 20 heavy (non-hydrogen) atoms. The van der Waals surface area contributed by atoms with Crippen molar-refractivity contribution < 1.29 is 9.53 Å². The SMILES string of the molecule is O=C(Nc1ccc(Cl)cc1)[C@@H]1OCCc2ccccc21. The maximum Gasteiger partial charge on any atom is 0.258 e. The van der Waals surface area contributed by atoms with Gasteiger partial charge in [-0.3, -0.25) is 4.79 Å². The second-order valence-electron chi connectivity index (χ2n) is 4.70. The second-order valence-corrected chi connectivity index (χ2v) is 5.13. The average molecular weight is 288 g/mol. The second kappa shape index (κ2) is 5.65. The summed E-state index contributed by atoms with van der Waals surface area (Å²) in [7, 11) is 0. The molecule has 1 N–H and O–H groups in total. The number of carbonyl (C=O) groups is 1. The summed E-state index contributed by atoms with van der Waals surface area (Å²) in [5, 5.41) is 3.50. The molecule has 0 unspecified atom stereocenters. The maximum absolute atomic E-state index is 12.3. The van der Waals surface area contributed by atoms with Crippen molar-refractivity contribution >= 4 is 23.2 Å². The maximum atomic E-state index is 12.3. The van der Waals surface area contributed by atoms with Crippen LogP contribution in [0.4, 0.5) is 5.69 Å². The molecule has 0 bridgehead atoms. The van der Waals surface area contributed by atoms with Gasteiger partial charge >= 0.3 is 0 Å². The van der Waals surface area contributed by atoms with E-state index in [-0.39, 0.29) is 5.91 Å². The summed E-state index contributed by atoms with van der Waals surface area (Å²) in [6, 6.07) is 14.9. The monoisotopic (exact) mass is 287 g/mol. The number of hydrogen-bond acceptors (Lipinski definition) is 2. The van der Waals surface area contributed by atoms with E-state index in [4.69, 9.17) is 16.3 Å². The van der Waals surface area contributed by atoms with Crippen LogP contribution in [0.15, 0.2) is 48.5 Å². The molecule has 2 aromatic carbocycles. The van der Waals surface area contributed by atoms with Crippen LogP contribution in [-0.2, 0) is 16.0 Å². The zero-order chi connectivity index (χ0) is 13.9. The normalized spacial score (nSPS) is 17.4. The van der Waals surface area contributed by atoms with E-state index >= 15 is 0 Å². The van der Waals surface area contributed by atoms with Gasteiger partial charge in [0, 0.05) is 10.7 Å². The minimum atomic E-state index is -0.546. The third-order valence-electron chi connectivity index (χ3n) is 3.34. The van der Waals surface area contributed by atoms with E-state index in [0.717, 1.165) is 12.0 Å². The van der Waals surface area contributed by atoms with E-state index < -0.39 is 6.10 Å². The van der Waals surface area contributed by atoms with Crippen LogP contribution < -0.4 is 5.32 Å². The molecule has 3 nitrogen and oxygen atoms in total. The lowest BCUT2D eigenvalue weighted by molar-refractivity contribution is -0.128. The van der Waals surface area contributed by atoms with Gasteiger partial charge < -0.3 is 10.1 Å². The number of carbonyl (C=O) groups excluding carboxylic acids is 1. The Morgan fingerprint density at radius 3 is 2.70 bits per heavy atom. The Kier molecular flexibility index (Phi) is 3.72. The van der Waals surface area contributed by atoms with Gasteiger partial charge in [-0.1, -0.05) is 35.9 Å². The molecule has 2 aromatic rings. The molecule has 0 spiro atoms. The van der Waals surface area contributed by atoms with Gasteiger partial charge in [0.2, 0.25) is 0 Å². The topological polar surface area (TPSA) is 38.3 Å². The number of amides is 1. The van der Waals surface area contributed by atoms with Crippen LogP contribution >= 0.6 is 11.6 Å². The van der Waals surface area contributed by atoms with Crippen molar-refractivity contribution in [2.75, 3.05) is 11.9 Å². The lowest BCUT2D eigenvalue weighted by atomic mass is 9.97. The third-order valence-corrected chi connectivity index (χ3v) is 3.60. The molecule has 102 valence electrons. The molecule has 1 atom stereocenters. The van der Waals surface area contributed by atoms with Gasteiger partial charge in [-0.25, -0.2) is 0 Å². The van der Waals surface area contributed by atoms with E-state index in [1.54, 1.807) is 24.3 Å². The largest absolute Gasteiger partial charge is 0.363 e. The first-order chi connectivity index (χ1) is 9.74. The Labute approximate surface area is 122 Å². The van der Waals surface area contributed by atoms with Crippen molar-refractivity contribution in [1.82, 2.24) is 0 Å². The van der Waals surface area contributed by atoms with Gasteiger partial charge in [0.05, 0.1) is 6.61 Å². The highest BCUT2D eigenvalue weighted by molar-refractivity contribution is 6.30. The van der Waals surface area contributed by atoms with E-state index in [1.807, 2.05) is 24.3 Å². The predicted molar refractivity (Wildman–Crippen MR) is 78.9 cm³/mol. The van der Waals surface area contributed by atoms with Crippen molar-refractivity contribution in [1.29, 1.82) is 0 Å². The molecule has 0 fully saturated rings. The predicted octanol–water partition coefficient (Wildman–Crippen LogP) is 3.59. The zero-order valence-corrected chi connectivity index (χ0v) is 11.6. The average Bonchev–Trinajstić information content (AvgIpc) is 2.49. The van der Waals surface area contributed by atoms with Crippen molar-refractivity contribution in [3.63, 3.8) is 0 Å². The highest BCUT2D eigenvalue weighted by atomic mass is 35.5. The van der Waals surface area contributed by atoms with Crippen molar-refractivity contribution in [3.8, 4) is 0 Å². The number of benzene rings is 2. The molecule has 0 aromatic heterocycles. The fraction of sp³-hybridized carbons (Fsp3) is 0.188. The summed E-state index contributed by atoms with van der Waals surface area (Å²) in [5.41, 5.74) is 2.84. The zero-order valence-electron chi connectivity index (χ0n) is 10.8. The highest BCUT2D eigenvalue weighted by Gasteiger charge is 2.27. The fourth-order valence-electron chi connectivity index (χ4n) is 2.35. The molecule has 1 aliphatic rings. The molecule has 1 amide bonds. The first-order valence-electron chi connectivity index (χ1n) is 6.50. The van der Waals surface area contributed by atoms with Gasteiger partial charge in [0.15, 0.2) is 6.10 Å². The molecule has 0 aliphatic carbocycles. The van der Waals surface area contributed by atoms with Crippen molar-refractivity contribution in [2.24, 2.45) is 0 Å². The first kappa shape index (κ1) is 13.2. The third kappa shape index (κ3) is 2.69. The molecular formula is C16H14ClNO2. The standard InChI is InChI=1S/C16H14ClNO2/c17-12-5-7-13(8-6-12)18-16(19)15-14-4-2-1-3-11(14)9-10-20-15/h1-8,15H,9-10H2,(H,18,19)/t15-/m1/s1. The minimum absolute atomic E-state index is 0.153. The van der Waals surface area contributed by atoms with Crippen LogP contribution in [0.2, 0.25) is 5.02 Å². The molecule has 0 saturated heterocycles. The molecule has 1 aliphatic heterocycles. The minimum Gasteiger partial charge on any atom is -0.363 e. The summed E-state index contributed by atoms with van der Waals surface area (Å²) in [6.45, 7) is 0.565. The number of rotatable bonds is 2. The summed E-state index contributed by atoms with van der Waals surface area (Å²) in [4.78, 5) is 12.3. The number of halogens is 1. The number of nitrogens with one attached hydrogen (secondary N) is 1. The number of fused-ring (bicyclic) bond motifs is 1. The van der Waals surface area contributed by atoms with Crippen LogP contribution in [0.25, 0.3) is 0 Å². The molecule has 3 rings (SSSR count). The fourth-order valence-corrected chi connectivity index (χ4v) is 2.48. The van der Waals surface area contributed by atoms with Gasteiger partial charge in [0.1, 0.15) is 0 Å². The Hall–Kier alpha value is -1.84. The first-order valence-corrected chi connectivity index (χ1v) is 6.88. The van der Waals surface area contributed by atoms with Crippen molar-refractivity contribution in [2.45, 2.75) is 12.5 Å². The number of ether oxygens (including phenoxy) is 1. The Balaban J connectivity index is 1.80. The van der Waals surface area contributed by atoms with Crippen molar-refractivity contribution in [3.05, 3.63) is 64.7 Å². The van der Waals surface area contributed by atoms with Crippen LogP contribution in [0.5, 0.6) is 0 Å². The Bertz CT molecular complexity index is 625. The van der Waals surface area contributed by atoms with E-state index in [9.17, 15) is 4.79 Å². The molecule has 1 heterocycles. The van der Waals surface area contributed by atoms with Crippen LogP contribution in [0.3, 0.4) is 0 Å². The Morgan fingerprint density at radius 2 is 1.90 bits per heavy atom. The highest BCUT2D eigenvalue weighted by Crippen LogP contribution is 2.28. The summed E-state index contributed by atoms with van der Waals surface area (Å²) >= 11 is 5.83. The van der Waals surface area contributed by atoms with Crippen LogP contribution in [0, 0.1) is 0 Å². The molecule has 4 heteroatoms. The summed E-state index contributed by atoms with van der Waals surface area (Å²) in [6.07, 6.45) is 0.302. The molecule has 0 saturated carbocycles. The van der Waals surface area contributed by atoms with E-state index in [0.29, 0.717) is 17.3 Å². The molecular weight excluding hydrogens is 274 g/mol. The summed E-state index contributed by atoms with van der Waals surface area (Å²) in [5.74, 6) is -0.153. The van der Waals surface area contributed by atoms with E-state index in [2.05, 4.69) is 5.32 Å². The Morgan fingerprint density at radius 1 is 1.15 bits per heavy atom. The lowest BCUT2D eigenvalue weighted by Gasteiger charge is -2.25. The molecule has 0 radical (unpaired) electrons. The number of hydrogen-bond donors (Lipinski definition) is 1. The van der Waals surface area contributed by atoms with Gasteiger partial charge in [0.25, 0.3) is 5.91 Å². The smallest absolute Gasteiger partial charge is 0.258 e. The number of anilines is 1.